The van der Waals surface area contributed by atoms with E-state index in [-0.39, 0.29) is 30.0 Å². The van der Waals surface area contributed by atoms with Crippen LogP contribution in [0.5, 0.6) is 5.75 Å². The molecule has 0 bridgehead atoms. The molecule has 2 aromatic carbocycles. The van der Waals surface area contributed by atoms with Crippen molar-refractivity contribution < 1.29 is 19.1 Å². The Balaban J connectivity index is 1.74. The van der Waals surface area contributed by atoms with E-state index in [0.717, 1.165) is 29.0 Å². The second kappa shape index (κ2) is 10.4. The van der Waals surface area contributed by atoms with Gasteiger partial charge in [0.15, 0.2) is 0 Å². The lowest BCUT2D eigenvalue weighted by Gasteiger charge is -2.40. The molecule has 3 unspecified atom stereocenters. The van der Waals surface area contributed by atoms with Gasteiger partial charge < -0.3 is 24.6 Å². The SMILES string of the molecule is CCOc1ccc(C2Nc3ccc(C(=O)N(CC)CC)cc3C3C2CCN3C(=O)OC(C)(C)C)cc1. The van der Waals surface area contributed by atoms with Gasteiger partial charge in [-0.3, -0.25) is 4.79 Å². The van der Waals surface area contributed by atoms with Gasteiger partial charge in [0.2, 0.25) is 0 Å². The normalized spacial score (nSPS) is 20.7. The Morgan fingerprint density at radius 2 is 1.75 bits per heavy atom. The number of hydrogen-bond donors (Lipinski definition) is 1. The molecular formula is C29H39N3O4. The minimum Gasteiger partial charge on any atom is -0.494 e. The number of nitrogens with zero attached hydrogens (tertiary/aromatic N) is 2. The molecule has 2 aliphatic heterocycles. The first-order valence-corrected chi connectivity index (χ1v) is 13.1. The number of carbonyl (C=O) groups is 2. The second-order valence-corrected chi connectivity index (χ2v) is 10.5. The van der Waals surface area contributed by atoms with Crippen molar-refractivity contribution in [3.63, 3.8) is 0 Å². The summed E-state index contributed by atoms with van der Waals surface area (Å²) in [5.41, 5.74) is 3.13. The van der Waals surface area contributed by atoms with Crippen LogP contribution in [-0.4, -0.2) is 53.6 Å². The highest BCUT2D eigenvalue weighted by atomic mass is 16.6. The van der Waals surface area contributed by atoms with Gasteiger partial charge >= 0.3 is 6.09 Å². The number of benzene rings is 2. The van der Waals surface area contributed by atoms with Gasteiger partial charge in [-0.1, -0.05) is 12.1 Å². The molecule has 4 rings (SSSR count). The summed E-state index contributed by atoms with van der Waals surface area (Å²) in [5, 5.41) is 3.72. The summed E-state index contributed by atoms with van der Waals surface area (Å²) in [6.45, 7) is 14.1. The second-order valence-electron chi connectivity index (χ2n) is 10.5. The Morgan fingerprint density at radius 1 is 1.06 bits per heavy atom. The molecule has 3 atom stereocenters. The van der Waals surface area contributed by atoms with Crippen molar-refractivity contribution in [2.24, 2.45) is 5.92 Å². The zero-order chi connectivity index (χ0) is 26.0. The molecule has 0 saturated carbocycles. The molecule has 7 heteroatoms. The Morgan fingerprint density at radius 3 is 2.36 bits per heavy atom. The number of rotatable bonds is 6. The molecule has 2 amide bonds. The third-order valence-electron chi connectivity index (χ3n) is 7.03. The highest BCUT2D eigenvalue weighted by molar-refractivity contribution is 5.95. The summed E-state index contributed by atoms with van der Waals surface area (Å²) in [5.74, 6) is 0.993. The minimum absolute atomic E-state index is 0.00908. The van der Waals surface area contributed by atoms with Crippen LogP contribution in [0.2, 0.25) is 0 Å². The van der Waals surface area contributed by atoms with Crippen LogP contribution in [0.15, 0.2) is 42.5 Å². The van der Waals surface area contributed by atoms with Crippen molar-refractivity contribution in [3.8, 4) is 5.75 Å². The zero-order valence-corrected chi connectivity index (χ0v) is 22.3. The van der Waals surface area contributed by atoms with Crippen molar-refractivity contribution >= 4 is 17.7 Å². The molecule has 0 aromatic heterocycles. The molecule has 2 heterocycles. The number of anilines is 1. The van der Waals surface area contributed by atoms with Crippen LogP contribution in [0.3, 0.4) is 0 Å². The Kier molecular flexibility index (Phi) is 7.48. The number of likely N-dealkylation sites (tertiary alicyclic amines) is 1. The average molecular weight is 494 g/mol. The Labute approximate surface area is 214 Å². The van der Waals surface area contributed by atoms with E-state index in [4.69, 9.17) is 9.47 Å². The standard InChI is InChI=1S/C29H39N3O4/c1-7-31(8-2)27(33)20-12-15-24-23(18-20)26-22(16-17-32(26)28(34)36-29(4,5)6)25(30-24)19-10-13-21(14-11-19)35-9-3/h10-15,18,22,25-26,30H,7-9,16-17H2,1-6H3. The third-order valence-corrected chi connectivity index (χ3v) is 7.03. The zero-order valence-electron chi connectivity index (χ0n) is 22.3. The van der Waals surface area contributed by atoms with E-state index < -0.39 is 5.60 Å². The van der Waals surface area contributed by atoms with Gasteiger partial charge in [0.1, 0.15) is 11.4 Å². The Bertz CT molecular complexity index is 1090. The largest absolute Gasteiger partial charge is 0.494 e. The summed E-state index contributed by atoms with van der Waals surface area (Å²) in [6.07, 6.45) is 0.524. The number of fused-ring (bicyclic) bond motifs is 3. The van der Waals surface area contributed by atoms with Crippen LogP contribution in [0.4, 0.5) is 10.5 Å². The maximum Gasteiger partial charge on any atom is 0.410 e. The molecular weight excluding hydrogens is 454 g/mol. The number of ether oxygens (including phenoxy) is 2. The summed E-state index contributed by atoms with van der Waals surface area (Å²) in [7, 11) is 0. The van der Waals surface area contributed by atoms with Crippen LogP contribution >= 0.6 is 0 Å². The van der Waals surface area contributed by atoms with Gasteiger partial charge in [-0.05, 0) is 89.4 Å². The lowest BCUT2D eigenvalue weighted by atomic mass is 9.79. The van der Waals surface area contributed by atoms with Crippen molar-refractivity contribution in [3.05, 3.63) is 59.2 Å². The fourth-order valence-electron chi connectivity index (χ4n) is 5.40. The van der Waals surface area contributed by atoms with E-state index in [1.807, 2.05) is 81.7 Å². The lowest BCUT2D eigenvalue weighted by molar-refractivity contribution is 0.0198. The van der Waals surface area contributed by atoms with E-state index in [9.17, 15) is 9.59 Å². The fourth-order valence-corrected chi connectivity index (χ4v) is 5.40. The minimum atomic E-state index is -0.583. The Hall–Kier alpha value is -3.22. The maximum atomic E-state index is 13.3. The molecule has 0 aliphatic carbocycles. The van der Waals surface area contributed by atoms with E-state index in [1.54, 1.807) is 0 Å². The predicted octanol–water partition coefficient (Wildman–Crippen LogP) is 6.03. The molecule has 1 fully saturated rings. The molecule has 0 radical (unpaired) electrons. The van der Waals surface area contributed by atoms with Gasteiger partial charge in [-0.15, -0.1) is 0 Å². The molecule has 36 heavy (non-hydrogen) atoms. The lowest BCUT2D eigenvalue weighted by Crippen LogP contribution is -2.40. The molecule has 1 saturated heterocycles. The molecule has 2 aromatic rings. The quantitative estimate of drug-likeness (QED) is 0.532. The summed E-state index contributed by atoms with van der Waals surface area (Å²) >= 11 is 0. The highest BCUT2D eigenvalue weighted by Gasteiger charge is 2.47. The summed E-state index contributed by atoms with van der Waals surface area (Å²) < 4.78 is 11.4. The maximum absolute atomic E-state index is 13.3. The fraction of sp³-hybridized carbons (Fsp3) is 0.517. The molecule has 7 nitrogen and oxygen atoms in total. The van der Waals surface area contributed by atoms with E-state index >= 15 is 0 Å². The monoisotopic (exact) mass is 493 g/mol. The van der Waals surface area contributed by atoms with Crippen molar-refractivity contribution in [1.82, 2.24) is 9.80 Å². The number of carbonyl (C=O) groups excluding carboxylic acids is 2. The number of nitrogens with one attached hydrogen (secondary N) is 1. The first-order valence-electron chi connectivity index (χ1n) is 13.1. The van der Waals surface area contributed by atoms with E-state index in [1.165, 1.54) is 0 Å². The predicted molar refractivity (Wildman–Crippen MR) is 141 cm³/mol. The molecule has 0 spiro atoms. The van der Waals surface area contributed by atoms with Gasteiger partial charge in [0, 0.05) is 36.8 Å². The number of amides is 2. The van der Waals surface area contributed by atoms with Crippen molar-refractivity contribution in [2.45, 2.75) is 65.6 Å². The number of hydrogen-bond acceptors (Lipinski definition) is 5. The van der Waals surface area contributed by atoms with E-state index in [2.05, 4.69) is 17.4 Å². The van der Waals surface area contributed by atoms with Crippen LogP contribution in [-0.2, 0) is 4.74 Å². The first-order chi connectivity index (χ1) is 17.2. The third kappa shape index (κ3) is 5.15. The van der Waals surface area contributed by atoms with Crippen LogP contribution in [0, 0.1) is 5.92 Å². The van der Waals surface area contributed by atoms with Crippen LogP contribution in [0.25, 0.3) is 0 Å². The average Bonchev–Trinajstić information content (AvgIpc) is 3.29. The van der Waals surface area contributed by atoms with Crippen molar-refractivity contribution in [2.75, 3.05) is 31.6 Å². The van der Waals surface area contributed by atoms with Crippen molar-refractivity contribution in [1.29, 1.82) is 0 Å². The molecule has 1 N–H and O–H groups in total. The topological polar surface area (TPSA) is 71.1 Å². The van der Waals surface area contributed by atoms with Crippen LogP contribution < -0.4 is 10.1 Å². The van der Waals surface area contributed by atoms with Crippen LogP contribution in [0.1, 0.15) is 81.5 Å². The van der Waals surface area contributed by atoms with E-state index in [0.29, 0.717) is 31.8 Å². The summed E-state index contributed by atoms with van der Waals surface area (Å²) in [4.78, 5) is 30.1. The smallest absolute Gasteiger partial charge is 0.410 e. The van der Waals surface area contributed by atoms with Gasteiger partial charge in [-0.25, -0.2) is 4.79 Å². The van der Waals surface area contributed by atoms with Gasteiger partial charge in [-0.2, -0.15) is 0 Å². The molecule has 194 valence electrons. The first kappa shape index (κ1) is 25.9. The highest BCUT2D eigenvalue weighted by Crippen LogP contribution is 2.51. The van der Waals surface area contributed by atoms with Gasteiger partial charge in [0.05, 0.1) is 18.7 Å². The summed E-state index contributed by atoms with van der Waals surface area (Å²) in [6, 6.07) is 13.9. The van der Waals surface area contributed by atoms with Gasteiger partial charge in [0.25, 0.3) is 5.91 Å². The molecule has 2 aliphatic rings.